The molecule has 0 amide bonds. The Morgan fingerprint density at radius 1 is 0.952 bits per heavy atom. The Kier molecular flexibility index (Phi) is 5.95. The highest BCUT2D eigenvalue weighted by Gasteiger charge is 2.14. The van der Waals surface area contributed by atoms with Gasteiger partial charge < -0.3 is 5.32 Å². The first kappa shape index (κ1) is 16.6. The molecule has 0 heterocycles. The fraction of sp³-hybridized carbons (Fsp3) is 0.294. The van der Waals surface area contributed by atoms with E-state index in [1.165, 1.54) is 11.1 Å². The van der Waals surface area contributed by atoms with Crippen molar-refractivity contribution < 1.29 is 0 Å². The van der Waals surface area contributed by atoms with Crippen molar-refractivity contribution in [1.82, 2.24) is 5.32 Å². The summed E-state index contributed by atoms with van der Waals surface area (Å²) in [4.78, 5) is 0. The summed E-state index contributed by atoms with van der Waals surface area (Å²) >= 11 is 18.3. The van der Waals surface area contributed by atoms with Crippen LogP contribution < -0.4 is 5.32 Å². The third-order valence-electron chi connectivity index (χ3n) is 3.63. The standard InChI is InChI=1S/C17H18Cl3N/c1-3-12-6-4-5-7-13(12)10-21-11(2)14-8-9-15(18)17(20)16(14)19/h4-9,11,21H,3,10H2,1-2H3. The molecule has 0 aliphatic heterocycles. The van der Waals surface area contributed by atoms with Crippen LogP contribution in [0.4, 0.5) is 0 Å². The highest BCUT2D eigenvalue weighted by molar-refractivity contribution is 6.48. The van der Waals surface area contributed by atoms with E-state index in [0.29, 0.717) is 15.1 Å². The quantitative estimate of drug-likeness (QED) is 0.651. The fourth-order valence-electron chi connectivity index (χ4n) is 2.32. The lowest BCUT2D eigenvalue weighted by molar-refractivity contribution is 0.573. The molecule has 0 bridgehead atoms. The average Bonchev–Trinajstić information content (AvgIpc) is 2.50. The molecule has 1 atom stereocenters. The summed E-state index contributed by atoms with van der Waals surface area (Å²) in [5, 5.41) is 4.91. The molecule has 0 aromatic heterocycles. The van der Waals surface area contributed by atoms with Crippen LogP contribution in [0.3, 0.4) is 0 Å². The summed E-state index contributed by atoms with van der Waals surface area (Å²) in [6.07, 6.45) is 1.03. The number of benzene rings is 2. The minimum absolute atomic E-state index is 0.0946. The second-order valence-corrected chi connectivity index (χ2v) is 6.15. The van der Waals surface area contributed by atoms with Gasteiger partial charge in [-0.25, -0.2) is 0 Å². The molecule has 1 N–H and O–H groups in total. The van der Waals surface area contributed by atoms with E-state index >= 15 is 0 Å². The number of nitrogens with one attached hydrogen (secondary N) is 1. The minimum atomic E-state index is 0.0946. The Morgan fingerprint density at radius 2 is 1.62 bits per heavy atom. The van der Waals surface area contributed by atoms with Crippen molar-refractivity contribution in [2.75, 3.05) is 0 Å². The van der Waals surface area contributed by atoms with E-state index in [4.69, 9.17) is 34.8 Å². The summed E-state index contributed by atoms with van der Waals surface area (Å²) < 4.78 is 0. The summed E-state index contributed by atoms with van der Waals surface area (Å²) in [6, 6.07) is 12.2. The molecule has 21 heavy (non-hydrogen) atoms. The summed E-state index contributed by atoms with van der Waals surface area (Å²) in [7, 11) is 0. The van der Waals surface area contributed by atoms with Crippen LogP contribution in [0, 0.1) is 0 Å². The van der Waals surface area contributed by atoms with E-state index in [0.717, 1.165) is 18.5 Å². The topological polar surface area (TPSA) is 12.0 Å². The third kappa shape index (κ3) is 3.92. The number of aryl methyl sites for hydroxylation is 1. The molecule has 0 spiro atoms. The highest BCUT2D eigenvalue weighted by atomic mass is 35.5. The average molecular weight is 343 g/mol. The monoisotopic (exact) mass is 341 g/mol. The zero-order valence-electron chi connectivity index (χ0n) is 12.1. The molecule has 0 aliphatic rings. The van der Waals surface area contributed by atoms with Crippen LogP contribution >= 0.6 is 34.8 Å². The van der Waals surface area contributed by atoms with E-state index in [1.54, 1.807) is 6.07 Å². The van der Waals surface area contributed by atoms with Gasteiger partial charge in [0, 0.05) is 12.6 Å². The number of rotatable bonds is 5. The third-order valence-corrected chi connectivity index (χ3v) is 4.94. The van der Waals surface area contributed by atoms with Gasteiger partial charge in [0.2, 0.25) is 0 Å². The molecular formula is C17H18Cl3N. The van der Waals surface area contributed by atoms with Crippen molar-refractivity contribution in [1.29, 1.82) is 0 Å². The maximum absolute atomic E-state index is 6.28. The Balaban J connectivity index is 2.12. The van der Waals surface area contributed by atoms with Crippen LogP contribution in [0.2, 0.25) is 15.1 Å². The second kappa shape index (κ2) is 7.51. The molecule has 0 radical (unpaired) electrons. The van der Waals surface area contributed by atoms with E-state index < -0.39 is 0 Å². The molecular weight excluding hydrogens is 325 g/mol. The predicted molar refractivity (Wildman–Crippen MR) is 92.5 cm³/mol. The van der Waals surface area contributed by atoms with Gasteiger partial charge in [0.25, 0.3) is 0 Å². The van der Waals surface area contributed by atoms with E-state index in [9.17, 15) is 0 Å². The van der Waals surface area contributed by atoms with E-state index in [-0.39, 0.29) is 6.04 Å². The Labute approximate surface area is 141 Å². The fourth-order valence-corrected chi connectivity index (χ4v) is 3.03. The molecule has 1 unspecified atom stereocenters. The van der Waals surface area contributed by atoms with Gasteiger partial charge >= 0.3 is 0 Å². The first-order valence-corrected chi connectivity index (χ1v) is 8.11. The molecule has 0 aliphatic carbocycles. The molecule has 4 heteroatoms. The van der Waals surface area contributed by atoms with Crippen molar-refractivity contribution >= 4 is 34.8 Å². The highest BCUT2D eigenvalue weighted by Crippen LogP contribution is 2.35. The van der Waals surface area contributed by atoms with Crippen molar-refractivity contribution in [3.63, 3.8) is 0 Å². The van der Waals surface area contributed by atoms with E-state index in [1.807, 2.05) is 6.07 Å². The van der Waals surface area contributed by atoms with Crippen LogP contribution in [0.1, 0.15) is 36.6 Å². The van der Waals surface area contributed by atoms with Crippen LogP contribution in [-0.2, 0) is 13.0 Å². The maximum atomic E-state index is 6.28. The van der Waals surface area contributed by atoms with Gasteiger partial charge in [-0.1, -0.05) is 72.1 Å². The molecule has 0 saturated heterocycles. The molecule has 0 fully saturated rings. The zero-order chi connectivity index (χ0) is 15.4. The lowest BCUT2D eigenvalue weighted by Gasteiger charge is -2.18. The summed E-state index contributed by atoms with van der Waals surface area (Å²) in [5.41, 5.74) is 3.63. The molecule has 2 aromatic rings. The van der Waals surface area contributed by atoms with Crippen LogP contribution in [0.5, 0.6) is 0 Å². The van der Waals surface area contributed by atoms with Gasteiger partial charge in [0.15, 0.2) is 0 Å². The Bertz CT molecular complexity index is 625. The van der Waals surface area contributed by atoms with Crippen molar-refractivity contribution in [2.45, 2.75) is 32.9 Å². The van der Waals surface area contributed by atoms with Crippen LogP contribution in [0.25, 0.3) is 0 Å². The zero-order valence-corrected chi connectivity index (χ0v) is 14.4. The lowest BCUT2D eigenvalue weighted by atomic mass is 10.0. The molecule has 2 rings (SSSR count). The number of hydrogen-bond donors (Lipinski definition) is 1. The van der Waals surface area contributed by atoms with E-state index in [2.05, 4.69) is 43.4 Å². The van der Waals surface area contributed by atoms with Gasteiger partial charge in [-0.05, 0) is 36.1 Å². The van der Waals surface area contributed by atoms with Crippen LogP contribution in [0.15, 0.2) is 36.4 Å². The molecule has 1 nitrogen and oxygen atoms in total. The largest absolute Gasteiger partial charge is 0.306 e. The predicted octanol–water partition coefficient (Wildman–Crippen LogP) is 6.06. The number of hydrogen-bond acceptors (Lipinski definition) is 1. The van der Waals surface area contributed by atoms with Crippen molar-refractivity contribution in [2.24, 2.45) is 0 Å². The Hall–Kier alpha value is -0.730. The normalized spacial score (nSPS) is 12.4. The second-order valence-electron chi connectivity index (χ2n) is 4.99. The molecule has 2 aromatic carbocycles. The maximum Gasteiger partial charge on any atom is 0.0781 e. The van der Waals surface area contributed by atoms with Gasteiger partial charge in [-0.15, -0.1) is 0 Å². The first-order valence-electron chi connectivity index (χ1n) is 6.98. The number of halogens is 3. The van der Waals surface area contributed by atoms with Gasteiger partial charge in [-0.3, -0.25) is 0 Å². The smallest absolute Gasteiger partial charge is 0.0781 e. The van der Waals surface area contributed by atoms with Crippen molar-refractivity contribution in [3.05, 3.63) is 68.2 Å². The lowest BCUT2D eigenvalue weighted by Crippen LogP contribution is -2.19. The SMILES string of the molecule is CCc1ccccc1CNC(C)c1ccc(Cl)c(Cl)c1Cl. The van der Waals surface area contributed by atoms with Gasteiger partial charge in [0.1, 0.15) is 0 Å². The van der Waals surface area contributed by atoms with Crippen LogP contribution in [-0.4, -0.2) is 0 Å². The van der Waals surface area contributed by atoms with Gasteiger partial charge in [0.05, 0.1) is 15.1 Å². The Morgan fingerprint density at radius 3 is 2.29 bits per heavy atom. The minimum Gasteiger partial charge on any atom is -0.306 e. The first-order chi connectivity index (χ1) is 10.0. The molecule has 0 saturated carbocycles. The van der Waals surface area contributed by atoms with Gasteiger partial charge in [-0.2, -0.15) is 0 Å². The van der Waals surface area contributed by atoms with Crippen molar-refractivity contribution in [3.8, 4) is 0 Å². The molecule has 112 valence electrons. The summed E-state index contributed by atoms with van der Waals surface area (Å²) in [6.45, 7) is 5.03. The summed E-state index contributed by atoms with van der Waals surface area (Å²) in [5.74, 6) is 0.